The van der Waals surface area contributed by atoms with Crippen molar-refractivity contribution in [2.24, 2.45) is 5.73 Å². The fourth-order valence-electron chi connectivity index (χ4n) is 3.00. The zero-order valence-corrected chi connectivity index (χ0v) is 17.4. The van der Waals surface area contributed by atoms with Crippen LogP contribution in [0.2, 0.25) is 0 Å². The van der Waals surface area contributed by atoms with Crippen molar-refractivity contribution >= 4 is 0 Å². The molecule has 5 nitrogen and oxygen atoms in total. The van der Waals surface area contributed by atoms with Gasteiger partial charge in [0.1, 0.15) is 13.2 Å². The second-order valence-electron chi connectivity index (χ2n) is 7.88. The van der Waals surface area contributed by atoms with E-state index in [9.17, 15) is 10.2 Å². The molecular weight excluding hydrogens is 378 g/mol. The number of benzene rings is 3. The Bertz CT molecular complexity index is 923. The summed E-state index contributed by atoms with van der Waals surface area (Å²) in [7, 11) is 0. The van der Waals surface area contributed by atoms with Gasteiger partial charge in [0, 0.05) is 0 Å². The number of rotatable bonds is 9. The van der Waals surface area contributed by atoms with E-state index in [2.05, 4.69) is 0 Å². The maximum absolute atomic E-state index is 10.7. The van der Waals surface area contributed by atoms with Crippen LogP contribution >= 0.6 is 0 Å². The summed E-state index contributed by atoms with van der Waals surface area (Å²) in [5.41, 5.74) is 7.43. The van der Waals surface area contributed by atoms with Crippen LogP contribution in [-0.2, 0) is 13.2 Å². The van der Waals surface area contributed by atoms with E-state index < -0.39 is 17.7 Å². The average Bonchev–Trinajstić information content (AvgIpc) is 2.76. The van der Waals surface area contributed by atoms with Gasteiger partial charge in [-0.1, -0.05) is 66.7 Å². The lowest BCUT2D eigenvalue weighted by molar-refractivity contribution is -0.00572. The van der Waals surface area contributed by atoms with Crippen LogP contribution in [0.15, 0.2) is 78.9 Å². The first-order valence-electron chi connectivity index (χ1n) is 9.98. The summed E-state index contributed by atoms with van der Waals surface area (Å²) in [4.78, 5) is 0. The molecule has 3 aromatic carbocycles. The third-order valence-corrected chi connectivity index (χ3v) is 4.94. The summed E-state index contributed by atoms with van der Waals surface area (Å²) in [6.07, 6.45) is -1.05. The van der Waals surface area contributed by atoms with E-state index in [4.69, 9.17) is 15.2 Å². The van der Waals surface area contributed by atoms with Crippen molar-refractivity contribution in [3.8, 4) is 11.5 Å². The first-order valence-corrected chi connectivity index (χ1v) is 9.98. The molecule has 0 bridgehead atoms. The minimum absolute atomic E-state index is 0.361. The molecule has 2 atom stereocenters. The van der Waals surface area contributed by atoms with Crippen LogP contribution in [0, 0.1) is 0 Å². The van der Waals surface area contributed by atoms with Crippen LogP contribution in [0.5, 0.6) is 11.5 Å². The molecule has 0 aromatic heterocycles. The van der Waals surface area contributed by atoms with E-state index in [0.717, 1.165) is 11.1 Å². The Balaban J connectivity index is 1.82. The van der Waals surface area contributed by atoms with Crippen molar-refractivity contribution in [1.29, 1.82) is 0 Å². The Morgan fingerprint density at radius 2 is 1.30 bits per heavy atom. The van der Waals surface area contributed by atoms with Crippen LogP contribution in [-0.4, -0.2) is 21.9 Å². The minimum atomic E-state index is -1.23. The van der Waals surface area contributed by atoms with Gasteiger partial charge in [0.2, 0.25) is 0 Å². The number of hydrogen-bond acceptors (Lipinski definition) is 5. The summed E-state index contributed by atoms with van der Waals surface area (Å²) < 4.78 is 12.0. The molecule has 0 heterocycles. The maximum Gasteiger partial charge on any atom is 0.162 e. The Morgan fingerprint density at radius 3 is 1.80 bits per heavy atom. The highest BCUT2D eigenvalue weighted by molar-refractivity contribution is 5.44. The Morgan fingerprint density at radius 1 is 0.800 bits per heavy atom. The highest BCUT2D eigenvalue weighted by atomic mass is 16.5. The molecule has 0 radical (unpaired) electrons. The van der Waals surface area contributed by atoms with Gasteiger partial charge in [-0.25, -0.2) is 0 Å². The first-order chi connectivity index (χ1) is 14.3. The van der Waals surface area contributed by atoms with Gasteiger partial charge < -0.3 is 25.4 Å². The van der Waals surface area contributed by atoms with Gasteiger partial charge >= 0.3 is 0 Å². The molecule has 0 aliphatic carbocycles. The van der Waals surface area contributed by atoms with Crippen molar-refractivity contribution in [1.82, 2.24) is 0 Å². The monoisotopic (exact) mass is 407 g/mol. The maximum atomic E-state index is 10.7. The Kier molecular flexibility index (Phi) is 7.11. The third-order valence-electron chi connectivity index (χ3n) is 4.94. The van der Waals surface area contributed by atoms with Crippen molar-refractivity contribution in [2.75, 3.05) is 0 Å². The molecule has 3 rings (SSSR count). The quantitative estimate of drug-likeness (QED) is 0.500. The highest BCUT2D eigenvalue weighted by Crippen LogP contribution is 2.34. The lowest BCUT2D eigenvalue weighted by Gasteiger charge is -2.30. The van der Waals surface area contributed by atoms with Crippen LogP contribution in [0.4, 0.5) is 0 Å². The largest absolute Gasteiger partial charge is 0.485 e. The molecule has 30 heavy (non-hydrogen) atoms. The zero-order chi connectivity index (χ0) is 21.6. The van der Waals surface area contributed by atoms with Gasteiger partial charge in [-0.05, 0) is 42.7 Å². The van der Waals surface area contributed by atoms with Gasteiger partial charge in [-0.15, -0.1) is 0 Å². The second-order valence-corrected chi connectivity index (χ2v) is 7.88. The van der Waals surface area contributed by atoms with E-state index in [1.165, 1.54) is 0 Å². The minimum Gasteiger partial charge on any atom is -0.485 e. The SMILES string of the molecule is CC(C)(O)C(N)C(O)c1ccc(OCc2ccccc2)c(OCc2ccccc2)c1. The molecule has 0 aliphatic heterocycles. The van der Waals surface area contributed by atoms with E-state index in [1.54, 1.807) is 32.0 Å². The summed E-state index contributed by atoms with van der Waals surface area (Å²) in [6, 6.07) is 24.1. The van der Waals surface area contributed by atoms with Crippen molar-refractivity contribution in [3.63, 3.8) is 0 Å². The van der Waals surface area contributed by atoms with E-state index in [0.29, 0.717) is 30.3 Å². The predicted octanol–water partition coefficient (Wildman–Crippen LogP) is 3.98. The van der Waals surface area contributed by atoms with Crippen LogP contribution in [0.1, 0.15) is 36.6 Å². The van der Waals surface area contributed by atoms with Crippen LogP contribution in [0.25, 0.3) is 0 Å². The fraction of sp³-hybridized carbons (Fsp3) is 0.280. The Labute approximate surface area is 177 Å². The highest BCUT2D eigenvalue weighted by Gasteiger charge is 2.31. The van der Waals surface area contributed by atoms with Crippen LogP contribution in [0.3, 0.4) is 0 Å². The number of nitrogens with two attached hydrogens (primary N) is 1. The molecule has 4 N–H and O–H groups in total. The van der Waals surface area contributed by atoms with Gasteiger partial charge in [0.05, 0.1) is 17.7 Å². The lowest BCUT2D eigenvalue weighted by Crippen LogP contribution is -2.47. The number of ether oxygens (including phenoxy) is 2. The standard InChI is InChI=1S/C25H29NO4/c1-25(2,28)24(26)23(27)20-13-14-21(29-16-18-9-5-3-6-10-18)22(15-20)30-17-19-11-7-4-8-12-19/h3-15,23-24,27-28H,16-17,26H2,1-2H3. The molecule has 0 saturated heterocycles. The van der Waals surface area contributed by atoms with E-state index >= 15 is 0 Å². The number of aliphatic hydroxyl groups excluding tert-OH is 1. The average molecular weight is 408 g/mol. The van der Waals surface area contributed by atoms with Gasteiger partial charge in [-0.3, -0.25) is 0 Å². The van der Waals surface area contributed by atoms with E-state index in [1.807, 2.05) is 60.7 Å². The summed E-state index contributed by atoms with van der Waals surface area (Å²) in [5.74, 6) is 1.08. The summed E-state index contributed by atoms with van der Waals surface area (Å²) >= 11 is 0. The molecule has 3 aromatic rings. The lowest BCUT2D eigenvalue weighted by atomic mass is 9.90. The smallest absolute Gasteiger partial charge is 0.162 e. The van der Waals surface area contributed by atoms with Crippen LogP contribution < -0.4 is 15.2 Å². The number of aliphatic hydroxyl groups is 2. The van der Waals surface area contributed by atoms with Crippen molar-refractivity contribution in [3.05, 3.63) is 95.6 Å². The van der Waals surface area contributed by atoms with E-state index in [-0.39, 0.29) is 0 Å². The molecule has 0 amide bonds. The molecule has 0 spiro atoms. The molecule has 0 aliphatic rings. The Hall–Kier alpha value is -2.86. The molecule has 5 heteroatoms. The van der Waals surface area contributed by atoms with Gasteiger partial charge in [-0.2, -0.15) is 0 Å². The molecule has 0 fully saturated rings. The molecule has 2 unspecified atom stereocenters. The third kappa shape index (κ3) is 5.83. The van der Waals surface area contributed by atoms with Gasteiger partial charge in [0.15, 0.2) is 11.5 Å². The fourth-order valence-corrected chi connectivity index (χ4v) is 3.00. The van der Waals surface area contributed by atoms with Crippen molar-refractivity contribution in [2.45, 2.75) is 44.8 Å². The first kappa shape index (κ1) is 21.8. The zero-order valence-electron chi connectivity index (χ0n) is 17.4. The normalized spacial score (nSPS) is 13.5. The van der Waals surface area contributed by atoms with Crippen molar-refractivity contribution < 1.29 is 19.7 Å². The topological polar surface area (TPSA) is 84.9 Å². The second kappa shape index (κ2) is 9.76. The number of hydrogen-bond donors (Lipinski definition) is 3. The van der Waals surface area contributed by atoms with Gasteiger partial charge in [0.25, 0.3) is 0 Å². The predicted molar refractivity (Wildman–Crippen MR) is 117 cm³/mol. The molecule has 0 saturated carbocycles. The summed E-state index contributed by atoms with van der Waals surface area (Å²) in [5, 5.41) is 20.8. The molecule has 158 valence electrons. The molecular formula is C25H29NO4. The summed E-state index contributed by atoms with van der Waals surface area (Å²) in [6.45, 7) is 3.91.